The summed E-state index contributed by atoms with van der Waals surface area (Å²) < 4.78 is 0. The van der Waals surface area contributed by atoms with Crippen molar-refractivity contribution in [3.8, 4) is 0 Å². The molecule has 3 atom stereocenters. The van der Waals surface area contributed by atoms with Gasteiger partial charge in [-0.2, -0.15) is 0 Å². The molecule has 1 heterocycles. The molecule has 1 aliphatic heterocycles. The van der Waals surface area contributed by atoms with Crippen molar-refractivity contribution >= 4 is 11.9 Å². The zero-order chi connectivity index (χ0) is 13.1. The smallest absolute Gasteiger partial charge is 0.307 e. The van der Waals surface area contributed by atoms with Crippen LogP contribution in [0.25, 0.3) is 0 Å². The Morgan fingerprint density at radius 3 is 2.44 bits per heavy atom. The summed E-state index contributed by atoms with van der Waals surface area (Å²) in [6.45, 7) is 3.85. The van der Waals surface area contributed by atoms with Crippen LogP contribution < -0.4 is 0 Å². The second-order valence-corrected chi connectivity index (χ2v) is 5.84. The maximum absolute atomic E-state index is 12.4. The first-order valence-corrected chi connectivity index (χ1v) is 7.11. The summed E-state index contributed by atoms with van der Waals surface area (Å²) in [6, 6.07) is 0. The van der Waals surface area contributed by atoms with Crippen LogP contribution in [0, 0.1) is 17.8 Å². The third-order valence-electron chi connectivity index (χ3n) is 4.48. The van der Waals surface area contributed by atoms with Crippen LogP contribution in [0.1, 0.15) is 45.4 Å². The molecular formula is C14H23NO3. The van der Waals surface area contributed by atoms with E-state index < -0.39 is 11.9 Å². The van der Waals surface area contributed by atoms with Crippen LogP contribution in [0.2, 0.25) is 0 Å². The molecule has 0 aromatic heterocycles. The van der Waals surface area contributed by atoms with E-state index in [0.717, 1.165) is 38.8 Å². The molecule has 4 nitrogen and oxygen atoms in total. The van der Waals surface area contributed by atoms with E-state index in [1.807, 2.05) is 4.90 Å². The van der Waals surface area contributed by atoms with E-state index >= 15 is 0 Å². The number of likely N-dealkylation sites (tertiary alicyclic amines) is 1. The highest BCUT2D eigenvalue weighted by Crippen LogP contribution is 2.34. The van der Waals surface area contributed by atoms with Crippen molar-refractivity contribution in [2.45, 2.75) is 45.4 Å². The summed E-state index contributed by atoms with van der Waals surface area (Å²) in [5.74, 6) is -0.737. The van der Waals surface area contributed by atoms with E-state index in [2.05, 4.69) is 6.92 Å². The average molecular weight is 253 g/mol. The normalized spacial score (nSPS) is 33.2. The molecule has 0 radical (unpaired) electrons. The van der Waals surface area contributed by atoms with Gasteiger partial charge in [0.2, 0.25) is 5.91 Å². The number of hydrogen-bond acceptors (Lipinski definition) is 2. The highest BCUT2D eigenvalue weighted by Gasteiger charge is 2.39. The Labute approximate surface area is 108 Å². The summed E-state index contributed by atoms with van der Waals surface area (Å²) >= 11 is 0. The van der Waals surface area contributed by atoms with Crippen molar-refractivity contribution in [2.75, 3.05) is 13.1 Å². The lowest BCUT2D eigenvalue weighted by Crippen LogP contribution is -2.39. The van der Waals surface area contributed by atoms with Gasteiger partial charge in [-0.05, 0) is 38.0 Å². The molecule has 102 valence electrons. The van der Waals surface area contributed by atoms with Gasteiger partial charge in [-0.1, -0.05) is 13.3 Å². The minimum Gasteiger partial charge on any atom is -0.481 e. The van der Waals surface area contributed by atoms with E-state index in [1.165, 1.54) is 6.42 Å². The number of carbonyl (C=O) groups is 2. The van der Waals surface area contributed by atoms with Crippen molar-refractivity contribution in [1.29, 1.82) is 0 Å². The lowest BCUT2D eigenvalue weighted by molar-refractivity contribution is -0.149. The first-order chi connectivity index (χ1) is 8.59. The van der Waals surface area contributed by atoms with E-state index in [1.54, 1.807) is 0 Å². The SMILES string of the molecule is CC1CCCN(C(=O)[C@@H]2CCC[C@@H]2C(=O)O)CC1. The Bertz CT molecular complexity index is 329. The fourth-order valence-electron chi connectivity index (χ4n) is 3.27. The van der Waals surface area contributed by atoms with Crippen LogP contribution in [-0.2, 0) is 9.59 Å². The van der Waals surface area contributed by atoms with Crippen LogP contribution in [0.5, 0.6) is 0 Å². The lowest BCUT2D eigenvalue weighted by atomic mass is 9.94. The van der Waals surface area contributed by atoms with Gasteiger partial charge in [-0.25, -0.2) is 0 Å². The van der Waals surface area contributed by atoms with Crippen molar-refractivity contribution in [3.63, 3.8) is 0 Å². The number of carbonyl (C=O) groups excluding carboxylic acids is 1. The van der Waals surface area contributed by atoms with Gasteiger partial charge in [0.15, 0.2) is 0 Å². The largest absolute Gasteiger partial charge is 0.481 e. The molecule has 2 rings (SSSR count). The number of carboxylic acids is 1. The van der Waals surface area contributed by atoms with Crippen LogP contribution in [-0.4, -0.2) is 35.0 Å². The van der Waals surface area contributed by atoms with E-state index in [9.17, 15) is 9.59 Å². The molecule has 1 amide bonds. The van der Waals surface area contributed by atoms with E-state index in [0.29, 0.717) is 12.3 Å². The Balaban J connectivity index is 1.99. The zero-order valence-electron chi connectivity index (χ0n) is 11.1. The standard InChI is InChI=1S/C14H23NO3/c1-10-4-3-8-15(9-7-10)13(16)11-5-2-6-12(11)14(17)18/h10-12H,2-9H2,1H3,(H,17,18)/t10?,11-,12+/m1/s1. The van der Waals surface area contributed by atoms with Gasteiger partial charge < -0.3 is 10.0 Å². The number of nitrogens with zero attached hydrogens (tertiary/aromatic N) is 1. The maximum Gasteiger partial charge on any atom is 0.307 e. The second kappa shape index (κ2) is 5.72. The van der Waals surface area contributed by atoms with Crippen molar-refractivity contribution in [1.82, 2.24) is 4.90 Å². The zero-order valence-corrected chi connectivity index (χ0v) is 11.1. The minimum absolute atomic E-state index is 0.0917. The van der Waals surface area contributed by atoms with Gasteiger partial charge in [-0.15, -0.1) is 0 Å². The summed E-state index contributed by atoms with van der Waals surface area (Å²) in [4.78, 5) is 25.5. The van der Waals surface area contributed by atoms with Crippen molar-refractivity contribution < 1.29 is 14.7 Å². The van der Waals surface area contributed by atoms with Gasteiger partial charge in [-0.3, -0.25) is 9.59 Å². The molecule has 2 aliphatic rings. The molecule has 18 heavy (non-hydrogen) atoms. The molecule has 1 N–H and O–H groups in total. The van der Waals surface area contributed by atoms with Crippen LogP contribution in [0.4, 0.5) is 0 Å². The molecule has 0 bridgehead atoms. The Morgan fingerprint density at radius 1 is 1.00 bits per heavy atom. The average Bonchev–Trinajstić information content (AvgIpc) is 2.72. The quantitative estimate of drug-likeness (QED) is 0.820. The highest BCUT2D eigenvalue weighted by atomic mass is 16.4. The third kappa shape index (κ3) is 2.85. The van der Waals surface area contributed by atoms with Gasteiger partial charge in [0.05, 0.1) is 11.8 Å². The summed E-state index contributed by atoms with van der Waals surface area (Å²) in [6.07, 6.45) is 5.57. The molecule has 1 saturated carbocycles. The summed E-state index contributed by atoms with van der Waals surface area (Å²) in [7, 11) is 0. The fourth-order valence-corrected chi connectivity index (χ4v) is 3.27. The molecule has 0 aromatic rings. The molecule has 0 aromatic carbocycles. The minimum atomic E-state index is -0.797. The predicted molar refractivity (Wildman–Crippen MR) is 68.1 cm³/mol. The molecule has 1 saturated heterocycles. The molecule has 2 fully saturated rings. The number of rotatable bonds is 2. The lowest BCUT2D eigenvalue weighted by Gasteiger charge is -2.26. The number of amides is 1. The van der Waals surface area contributed by atoms with E-state index in [-0.39, 0.29) is 11.8 Å². The first kappa shape index (κ1) is 13.4. The number of carboxylic acid groups (broad SMARTS) is 1. The molecule has 1 unspecified atom stereocenters. The molecule has 1 aliphatic carbocycles. The van der Waals surface area contributed by atoms with Crippen LogP contribution in [0.3, 0.4) is 0 Å². The van der Waals surface area contributed by atoms with Crippen LogP contribution in [0.15, 0.2) is 0 Å². The van der Waals surface area contributed by atoms with Crippen LogP contribution >= 0.6 is 0 Å². The molecule has 4 heteroatoms. The highest BCUT2D eigenvalue weighted by molar-refractivity contribution is 5.85. The Kier molecular flexibility index (Phi) is 4.25. The fraction of sp³-hybridized carbons (Fsp3) is 0.857. The van der Waals surface area contributed by atoms with Gasteiger partial charge in [0.1, 0.15) is 0 Å². The van der Waals surface area contributed by atoms with Gasteiger partial charge in [0, 0.05) is 13.1 Å². The van der Waals surface area contributed by atoms with Gasteiger partial charge in [0.25, 0.3) is 0 Å². The second-order valence-electron chi connectivity index (χ2n) is 5.84. The third-order valence-corrected chi connectivity index (χ3v) is 4.48. The van der Waals surface area contributed by atoms with E-state index in [4.69, 9.17) is 5.11 Å². The molecular weight excluding hydrogens is 230 g/mol. The number of aliphatic carboxylic acids is 1. The maximum atomic E-state index is 12.4. The summed E-state index contributed by atoms with van der Waals surface area (Å²) in [5, 5.41) is 9.16. The monoisotopic (exact) mass is 253 g/mol. The topological polar surface area (TPSA) is 57.6 Å². The first-order valence-electron chi connectivity index (χ1n) is 7.11. The Hall–Kier alpha value is -1.06. The summed E-state index contributed by atoms with van der Waals surface area (Å²) in [5.41, 5.74) is 0. The Morgan fingerprint density at radius 2 is 1.72 bits per heavy atom. The predicted octanol–water partition coefficient (Wildman–Crippen LogP) is 2.14. The van der Waals surface area contributed by atoms with Crippen molar-refractivity contribution in [3.05, 3.63) is 0 Å². The van der Waals surface area contributed by atoms with Crippen molar-refractivity contribution in [2.24, 2.45) is 17.8 Å². The molecule has 0 spiro atoms. The number of hydrogen-bond donors (Lipinski definition) is 1. The van der Waals surface area contributed by atoms with Gasteiger partial charge >= 0.3 is 5.97 Å².